The number of carbonyl (C=O) groups excluding carboxylic acids is 1. The minimum atomic E-state index is -0.923. The number of carbonyl (C=O) groups is 1. The van der Waals surface area contributed by atoms with Gasteiger partial charge in [-0.2, -0.15) is 5.10 Å². The van der Waals surface area contributed by atoms with E-state index in [9.17, 15) is 9.90 Å². The van der Waals surface area contributed by atoms with Gasteiger partial charge in [0.15, 0.2) is 5.69 Å². The number of rotatable bonds is 4. The van der Waals surface area contributed by atoms with Gasteiger partial charge < -0.3 is 10.0 Å². The van der Waals surface area contributed by atoms with Crippen LogP contribution in [0.15, 0.2) is 4.47 Å². The Bertz CT molecular complexity index is 435. The maximum atomic E-state index is 12.2. The highest BCUT2D eigenvalue weighted by Gasteiger charge is 2.25. The molecule has 0 bridgehead atoms. The summed E-state index contributed by atoms with van der Waals surface area (Å²) in [5, 5.41) is 16.6. The number of aromatic nitrogens is 2. The first-order valence-corrected chi connectivity index (χ1v) is 6.64. The predicted octanol–water partition coefficient (Wildman–Crippen LogP) is 2.14. The Kier molecular flexibility index (Phi) is 4.55. The number of likely N-dealkylation sites (N-methyl/N-ethyl adjacent to an activating group) is 1. The molecule has 102 valence electrons. The lowest BCUT2D eigenvalue weighted by molar-refractivity contribution is 0.0364. The van der Waals surface area contributed by atoms with Gasteiger partial charge in [0.1, 0.15) is 0 Å². The quantitative estimate of drug-likeness (QED) is 0.893. The molecule has 5 nitrogen and oxygen atoms in total. The second-order valence-electron chi connectivity index (χ2n) is 5.43. The van der Waals surface area contributed by atoms with Crippen LogP contribution in [0.4, 0.5) is 0 Å². The van der Waals surface area contributed by atoms with Crippen LogP contribution in [0.1, 0.15) is 49.8 Å². The van der Waals surface area contributed by atoms with Crippen molar-refractivity contribution in [3.63, 3.8) is 0 Å². The van der Waals surface area contributed by atoms with E-state index in [1.807, 2.05) is 13.8 Å². The van der Waals surface area contributed by atoms with Crippen molar-refractivity contribution in [2.75, 3.05) is 13.6 Å². The van der Waals surface area contributed by atoms with E-state index >= 15 is 0 Å². The van der Waals surface area contributed by atoms with Gasteiger partial charge in [-0.1, -0.05) is 13.8 Å². The Morgan fingerprint density at radius 3 is 2.50 bits per heavy atom. The summed E-state index contributed by atoms with van der Waals surface area (Å²) in [5.41, 5.74) is 0.328. The van der Waals surface area contributed by atoms with Crippen LogP contribution in [0.3, 0.4) is 0 Å². The number of aliphatic hydroxyl groups is 1. The predicted molar refractivity (Wildman–Crippen MR) is 73.6 cm³/mol. The smallest absolute Gasteiger partial charge is 0.275 e. The summed E-state index contributed by atoms with van der Waals surface area (Å²) in [6.07, 6.45) is 0. The standard InChI is InChI=1S/C12H20BrN3O2/c1-7(2)9-8(13)10(15-14-9)11(17)16(5)6-12(3,4)18/h7,18H,6H2,1-5H3,(H,14,15). The van der Waals surface area contributed by atoms with E-state index in [0.29, 0.717) is 10.2 Å². The highest BCUT2D eigenvalue weighted by molar-refractivity contribution is 9.10. The molecule has 1 heterocycles. The molecular weight excluding hydrogens is 298 g/mol. The average molecular weight is 318 g/mol. The number of nitrogens with zero attached hydrogens (tertiary/aromatic N) is 2. The van der Waals surface area contributed by atoms with Crippen LogP contribution in [0.5, 0.6) is 0 Å². The third kappa shape index (κ3) is 3.55. The van der Waals surface area contributed by atoms with E-state index in [2.05, 4.69) is 26.1 Å². The number of aromatic amines is 1. The van der Waals surface area contributed by atoms with Crippen LogP contribution in [0.2, 0.25) is 0 Å². The molecule has 0 aliphatic carbocycles. The second-order valence-corrected chi connectivity index (χ2v) is 6.22. The lowest BCUT2D eigenvalue weighted by Gasteiger charge is -2.25. The summed E-state index contributed by atoms with van der Waals surface area (Å²) < 4.78 is 0.699. The molecule has 0 aliphatic rings. The first-order valence-electron chi connectivity index (χ1n) is 5.85. The molecule has 1 amide bonds. The third-order valence-electron chi connectivity index (χ3n) is 2.48. The van der Waals surface area contributed by atoms with Gasteiger partial charge in [0.05, 0.1) is 15.8 Å². The normalized spacial score (nSPS) is 12.0. The summed E-state index contributed by atoms with van der Waals surface area (Å²) in [5.74, 6) is 0.0418. The van der Waals surface area contributed by atoms with Gasteiger partial charge in [-0.05, 0) is 35.7 Å². The summed E-state index contributed by atoms with van der Waals surface area (Å²) in [6, 6.07) is 0. The highest BCUT2D eigenvalue weighted by Crippen LogP contribution is 2.26. The van der Waals surface area contributed by atoms with Gasteiger partial charge in [-0.3, -0.25) is 9.89 Å². The van der Waals surface area contributed by atoms with Gasteiger partial charge in [0.25, 0.3) is 5.91 Å². The van der Waals surface area contributed by atoms with Crippen LogP contribution in [0, 0.1) is 0 Å². The molecule has 0 saturated heterocycles. The maximum absolute atomic E-state index is 12.2. The van der Waals surface area contributed by atoms with Crippen LogP contribution in [0.25, 0.3) is 0 Å². The Morgan fingerprint density at radius 2 is 2.11 bits per heavy atom. The Labute approximate surface area is 116 Å². The molecular formula is C12H20BrN3O2. The molecule has 0 aromatic carbocycles. The number of hydrogen-bond acceptors (Lipinski definition) is 3. The van der Waals surface area contributed by atoms with Crippen molar-refractivity contribution >= 4 is 21.8 Å². The molecule has 0 radical (unpaired) electrons. The second kappa shape index (κ2) is 5.40. The topological polar surface area (TPSA) is 69.2 Å². The van der Waals surface area contributed by atoms with E-state index < -0.39 is 5.60 Å². The van der Waals surface area contributed by atoms with E-state index in [1.165, 1.54) is 4.90 Å². The Balaban J connectivity index is 2.91. The SMILES string of the molecule is CC(C)c1[nH]nc(C(=O)N(C)CC(C)(C)O)c1Br. The number of H-pyrrole nitrogens is 1. The minimum Gasteiger partial charge on any atom is -0.389 e. The Hall–Kier alpha value is -0.880. The average Bonchev–Trinajstić information content (AvgIpc) is 2.56. The monoisotopic (exact) mass is 317 g/mol. The molecule has 0 fully saturated rings. The minimum absolute atomic E-state index is 0.216. The van der Waals surface area contributed by atoms with Crippen molar-refractivity contribution in [2.24, 2.45) is 0 Å². The zero-order valence-corrected chi connectivity index (χ0v) is 13.0. The van der Waals surface area contributed by atoms with Crippen molar-refractivity contribution in [3.8, 4) is 0 Å². The van der Waals surface area contributed by atoms with Gasteiger partial charge in [-0.25, -0.2) is 0 Å². The van der Waals surface area contributed by atoms with E-state index in [4.69, 9.17) is 0 Å². The van der Waals surface area contributed by atoms with Gasteiger partial charge in [-0.15, -0.1) is 0 Å². The maximum Gasteiger partial charge on any atom is 0.275 e. The Morgan fingerprint density at radius 1 is 1.56 bits per heavy atom. The first kappa shape index (κ1) is 15.2. The van der Waals surface area contributed by atoms with Crippen LogP contribution in [-0.4, -0.2) is 45.3 Å². The molecule has 0 spiro atoms. The van der Waals surface area contributed by atoms with Crippen LogP contribution in [-0.2, 0) is 0 Å². The van der Waals surface area contributed by atoms with Gasteiger partial charge >= 0.3 is 0 Å². The zero-order valence-electron chi connectivity index (χ0n) is 11.4. The largest absolute Gasteiger partial charge is 0.389 e. The number of amides is 1. The van der Waals surface area contributed by atoms with E-state index in [1.54, 1.807) is 20.9 Å². The fourth-order valence-electron chi connectivity index (χ4n) is 1.70. The molecule has 0 saturated carbocycles. The highest BCUT2D eigenvalue weighted by atomic mass is 79.9. The molecule has 0 atom stereocenters. The molecule has 1 aromatic rings. The van der Waals surface area contributed by atoms with Crippen molar-refractivity contribution in [2.45, 2.75) is 39.2 Å². The number of hydrogen-bond donors (Lipinski definition) is 2. The molecule has 1 rings (SSSR count). The molecule has 18 heavy (non-hydrogen) atoms. The lowest BCUT2D eigenvalue weighted by atomic mass is 10.1. The fourth-order valence-corrected chi connectivity index (χ4v) is 2.50. The summed E-state index contributed by atoms with van der Waals surface area (Å²) in [7, 11) is 1.65. The molecule has 2 N–H and O–H groups in total. The zero-order chi connectivity index (χ0) is 14.1. The van der Waals surface area contributed by atoms with Crippen molar-refractivity contribution in [1.82, 2.24) is 15.1 Å². The third-order valence-corrected chi connectivity index (χ3v) is 3.29. The molecule has 0 unspecified atom stereocenters. The van der Waals surface area contributed by atoms with Gasteiger partial charge in [0, 0.05) is 13.6 Å². The number of nitrogens with one attached hydrogen (secondary N) is 1. The first-order chi connectivity index (χ1) is 8.13. The number of halogens is 1. The lowest BCUT2D eigenvalue weighted by Crippen LogP contribution is -2.39. The van der Waals surface area contributed by atoms with Crippen LogP contribution < -0.4 is 0 Å². The van der Waals surface area contributed by atoms with Crippen molar-refractivity contribution in [1.29, 1.82) is 0 Å². The summed E-state index contributed by atoms with van der Waals surface area (Å²) >= 11 is 3.40. The molecule has 0 aliphatic heterocycles. The van der Waals surface area contributed by atoms with Gasteiger partial charge in [0.2, 0.25) is 0 Å². The summed E-state index contributed by atoms with van der Waals surface area (Å²) in [4.78, 5) is 13.6. The fraction of sp³-hybridized carbons (Fsp3) is 0.667. The van der Waals surface area contributed by atoms with E-state index in [-0.39, 0.29) is 18.4 Å². The molecule has 1 aromatic heterocycles. The van der Waals surface area contributed by atoms with Crippen molar-refractivity contribution < 1.29 is 9.90 Å². The van der Waals surface area contributed by atoms with Crippen LogP contribution >= 0.6 is 15.9 Å². The van der Waals surface area contributed by atoms with Crippen molar-refractivity contribution in [3.05, 3.63) is 15.9 Å². The summed E-state index contributed by atoms with van der Waals surface area (Å²) in [6.45, 7) is 7.62. The van der Waals surface area contributed by atoms with E-state index in [0.717, 1.165) is 5.69 Å². The molecule has 6 heteroatoms.